The maximum Gasteiger partial charge on any atom is 0.270 e. The van der Waals surface area contributed by atoms with Gasteiger partial charge in [0.25, 0.3) is 5.91 Å². The highest BCUT2D eigenvalue weighted by molar-refractivity contribution is 5.92. The van der Waals surface area contributed by atoms with Crippen LogP contribution in [0.15, 0.2) is 54.6 Å². The van der Waals surface area contributed by atoms with Gasteiger partial charge in [-0.15, -0.1) is 0 Å². The second-order valence-electron chi connectivity index (χ2n) is 6.39. The lowest BCUT2D eigenvalue weighted by molar-refractivity contribution is 0.0945. The molecule has 3 aromatic rings. The van der Waals surface area contributed by atoms with E-state index in [2.05, 4.69) is 39.7 Å². The number of rotatable bonds is 7. The van der Waals surface area contributed by atoms with Crippen molar-refractivity contribution in [1.82, 2.24) is 15.3 Å². The molecule has 1 amide bonds. The van der Waals surface area contributed by atoms with E-state index >= 15 is 0 Å². The Hall–Kier alpha value is -3.41. The van der Waals surface area contributed by atoms with Crippen LogP contribution in [0.4, 0.5) is 11.6 Å². The lowest BCUT2D eigenvalue weighted by Crippen LogP contribution is -2.24. The predicted molar refractivity (Wildman–Crippen MR) is 110 cm³/mol. The van der Waals surface area contributed by atoms with Crippen LogP contribution in [0.3, 0.4) is 0 Å². The van der Waals surface area contributed by atoms with Gasteiger partial charge in [0.05, 0.1) is 7.11 Å². The number of hydrogen-bond donors (Lipinski definition) is 2. The first-order valence-corrected chi connectivity index (χ1v) is 9.20. The second kappa shape index (κ2) is 8.99. The minimum Gasteiger partial charge on any atom is -0.496 e. The Bertz CT molecular complexity index is 955. The van der Waals surface area contributed by atoms with E-state index in [4.69, 9.17) is 4.74 Å². The summed E-state index contributed by atoms with van der Waals surface area (Å²) in [6.07, 6.45) is 0.984. The van der Waals surface area contributed by atoms with E-state index in [0.717, 1.165) is 23.4 Å². The quantitative estimate of drug-likeness (QED) is 0.651. The number of amides is 1. The van der Waals surface area contributed by atoms with E-state index in [1.165, 1.54) is 5.56 Å². The molecule has 28 heavy (non-hydrogen) atoms. The average molecular weight is 376 g/mol. The molecule has 3 rings (SSSR count). The Kier molecular flexibility index (Phi) is 6.22. The fourth-order valence-electron chi connectivity index (χ4n) is 2.81. The summed E-state index contributed by atoms with van der Waals surface area (Å²) in [7, 11) is 1.61. The Morgan fingerprint density at radius 1 is 1.07 bits per heavy atom. The summed E-state index contributed by atoms with van der Waals surface area (Å²) in [4.78, 5) is 21.3. The van der Waals surface area contributed by atoms with E-state index < -0.39 is 0 Å². The van der Waals surface area contributed by atoms with Gasteiger partial charge < -0.3 is 15.4 Å². The molecule has 0 aliphatic rings. The van der Waals surface area contributed by atoms with Gasteiger partial charge in [0.1, 0.15) is 11.4 Å². The fourth-order valence-corrected chi connectivity index (χ4v) is 2.81. The molecular formula is C22H24N4O2. The highest BCUT2D eigenvalue weighted by atomic mass is 16.5. The maximum absolute atomic E-state index is 12.6. The Balaban J connectivity index is 1.71. The number of anilines is 2. The molecule has 0 saturated heterocycles. The molecule has 6 nitrogen and oxygen atoms in total. The zero-order valence-electron chi connectivity index (χ0n) is 16.3. The highest BCUT2D eigenvalue weighted by Crippen LogP contribution is 2.18. The second-order valence-corrected chi connectivity index (χ2v) is 6.39. The number of nitrogens with one attached hydrogen (secondary N) is 2. The third kappa shape index (κ3) is 4.85. The molecular weight excluding hydrogens is 352 g/mol. The monoisotopic (exact) mass is 376 g/mol. The molecule has 1 heterocycles. The van der Waals surface area contributed by atoms with Crippen LogP contribution in [0.5, 0.6) is 5.75 Å². The lowest BCUT2D eigenvalue weighted by Gasteiger charge is -2.11. The van der Waals surface area contributed by atoms with Crippen molar-refractivity contribution >= 4 is 17.5 Å². The van der Waals surface area contributed by atoms with Crippen LogP contribution >= 0.6 is 0 Å². The summed E-state index contributed by atoms with van der Waals surface area (Å²) in [5.41, 5.74) is 4.06. The molecule has 0 fully saturated rings. The number of nitrogens with zero attached hydrogens (tertiary/aromatic N) is 2. The van der Waals surface area contributed by atoms with Crippen molar-refractivity contribution in [1.29, 1.82) is 0 Å². The molecule has 0 aliphatic heterocycles. The standard InChI is InChI=1S/C22H24N4O2/c1-4-16-9-11-18(12-10-16)25-22-24-15(2)13-19(26-22)21(27)23-14-17-7-5-6-8-20(17)28-3/h5-13H,4,14H2,1-3H3,(H,23,27)(H,24,25,26). The van der Waals surface area contributed by atoms with E-state index in [-0.39, 0.29) is 5.91 Å². The number of hydrogen-bond acceptors (Lipinski definition) is 5. The maximum atomic E-state index is 12.6. The molecule has 0 aliphatic carbocycles. The van der Waals surface area contributed by atoms with Gasteiger partial charge in [-0.3, -0.25) is 4.79 Å². The minimum absolute atomic E-state index is 0.263. The van der Waals surface area contributed by atoms with Crippen LogP contribution in [-0.4, -0.2) is 23.0 Å². The number of para-hydroxylation sites is 1. The molecule has 0 radical (unpaired) electrons. The molecule has 2 N–H and O–H groups in total. The van der Waals surface area contributed by atoms with Crippen molar-refractivity contribution in [3.05, 3.63) is 77.1 Å². The van der Waals surface area contributed by atoms with Crippen LogP contribution in [0.25, 0.3) is 0 Å². The van der Waals surface area contributed by atoms with Crippen molar-refractivity contribution in [3.63, 3.8) is 0 Å². The van der Waals surface area contributed by atoms with Crippen molar-refractivity contribution < 1.29 is 9.53 Å². The summed E-state index contributed by atoms with van der Waals surface area (Å²) in [5, 5.41) is 6.05. The highest BCUT2D eigenvalue weighted by Gasteiger charge is 2.12. The van der Waals surface area contributed by atoms with Crippen molar-refractivity contribution in [2.24, 2.45) is 0 Å². The van der Waals surface area contributed by atoms with E-state index in [1.807, 2.05) is 43.3 Å². The van der Waals surface area contributed by atoms with Crippen molar-refractivity contribution in [3.8, 4) is 5.75 Å². The minimum atomic E-state index is -0.263. The topological polar surface area (TPSA) is 76.1 Å². The first kappa shape index (κ1) is 19.4. The third-order valence-electron chi connectivity index (χ3n) is 4.34. The molecule has 1 aromatic heterocycles. The molecule has 144 valence electrons. The van der Waals surface area contributed by atoms with Crippen LogP contribution < -0.4 is 15.4 Å². The number of carbonyl (C=O) groups is 1. The number of benzene rings is 2. The summed E-state index contributed by atoms with van der Waals surface area (Å²) < 4.78 is 5.32. The SMILES string of the molecule is CCc1ccc(Nc2nc(C)cc(C(=O)NCc3ccccc3OC)n2)cc1. The van der Waals surface area contributed by atoms with Gasteiger partial charge in [0.15, 0.2) is 0 Å². The Labute approximate surface area is 165 Å². The summed E-state index contributed by atoms with van der Waals surface area (Å²) >= 11 is 0. The normalized spacial score (nSPS) is 10.4. The first-order valence-electron chi connectivity index (χ1n) is 9.20. The van der Waals surface area contributed by atoms with E-state index in [9.17, 15) is 4.79 Å². The zero-order valence-corrected chi connectivity index (χ0v) is 16.3. The van der Waals surface area contributed by atoms with Gasteiger partial charge in [-0.2, -0.15) is 0 Å². The molecule has 0 unspecified atom stereocenters. The van der Waals surface area contributed by atoms with Gasteiger partial charge in [0.2, 0.25) is 5.95 Å². The largest absolute Gasteiger partial charge is 0.496 e. The van der Waals surface area contributed by atoms with E-state index in [1.54, 1.807) is 13.2 Å². The summed E-state index contributed by atoms with van der Waals surface area (Å²) in [5.74, 6) is 0.868. The molecule has 0 spiro atoms. The molecule has 0 bridgehead atoms. The summed E-state index contributed by atoms with van der Waals surface area (Å²) in [6, 6.07) is 17.3. The van der Waals surface area contributed by atoms with Gasteiger partial charge in [-0.05, 0) is 43.2 Å². The van der Waals surface area contributed by atoms with E-state index in [0.29, 0.717) is 23.9 Å². The van der Waals surface area contributed by atoms with Crippen LogP contribution in [0.2, 0.25) is 0 Å². The number of aromatic nitrogens is 2. The number of ether oxygens (including phenoxy) is 1. The Morgan fingerprint density at radius 3 is 2.54 bits per heavy atom. The zero-order chi connectivity index (χ0) is 19.9. The van der Waals surface area contributed by atoms with Crippen molar-refractivity contribution in [2.45, 2.75) is 26.8 Å². The van der Waals surface area contributed by atoms with Crippen molar-refractivity contribution in [2.75, 3.05) is 12.4 Å². The smallest absolute Gasteiger partial charge is 0.270 e. The number of carbonyl (C=O) groups excluding carboxylic acids is 1. The third-order valence-corrected chi connectivity index (χ3v) is 4.34. The van der Waals surface area contributed by atoms with Gasteiger partial charge in [0, 0.05) is 23.5 Å². The number of methoxy groups -OCH3 is 1. The van der Waals surface area contributed by atoms with Gasteiger partial charge in [-0.1, -0.05) is 37.3 Å². The summed E-state index contributed by atoms with van der Waals surface area (Å²) in [6.45, 7) is 4.30. The van der Waals surface area contributed by atoms with Crippen LogP contribution in [-0.2, 0) is 13.0 Å². The predicted octanol–water partition coefficient (Wildman–Crippen LogP) is 4.03. The molecule has 6 heteroatoms. The van der Waals surface area contributed by atoms with Gasteiger partial charge in [-0.25, -0.2) is 9.97 Å². The fraction of sp³-hybridized carbons (Fsp3) is 0.227. The lowest BCUT2D eigenvalue weighted by atomic mass is 10.1. The van der Waals surface area contributed by atoms with Crippen LogP contribution in [0, 0.1) is 6.92 Å². The van der Waals surface area contributed by atoms with Gasteiger partial charge >= 0.3 is 0 Å². The molecule has 0 saturated carbocycles. The Morgan fingerprint density at radius 2 is 1.82 bits per heavy atom. The molecule has 2 aromatic carbocycles. The van der Waals surface area contributed by atoms with Crippen LogP contribution in [0.1, 0.15) is 34.2 Å². The molecule has 0 atom stereocenters. The average Bonchev–Trinajstić information content (AvgIpc) is 2.72. The number of aryl methyl sites for hydroxylation is 2. The first-order chi connectivity index (χ1) is 13.6.